The second-order valence-corrected chi connectivity index (χ2v) is 15.6. The van der Waals surface area contributed by atoms with E-state index in [2.05, 4.69) is 19.6 Å². The molecule has 45 heavy (non-hydrogen) atoms. The second-order valence-electron chi connectivity index (χ2n) is 11.8. The average molecular weight is 671 g/mol. The fourth-order valence-corrected chi connectivity index (χ4v) is 9.85. The third kappa shape index (κ3) is 6.47. The van der Waals surface area contributed by atoms with Crippen molar-refractivity contribution in [1.82, 2.24) is 19.6 Å². The van der Waals surface area contributed by atoms with Gasteiger partial charge in [-0.3, -0.25) is 0 Å². The minimum absolute atomic E-state index is 0.311. The van der Waals surface area contributed by atoms with E-state index < -0.39 is 20.7 Å². The molecule has 0 bridgehead atoms. The van der Waals surface area contributed by atoms with Gasteiger partial charge in [0.15, 0.2) is 0 Å². The minimum Gasteiger partial charge on any atom is -0.378 e. The van der Waals surface area contributed by atoms with Crippen molar-refractivity contribution in [2.75, 3.05) is 132 Å². The van der Waals surface area contributed by atoms with Crippen molar-refractivity contribution in [3.8, 4) is 0 Å². The molecule has 0 amide bonds. The van der Waals surface area contributed by atoms with Gasteiger partial charge in [0.25, 0.3) is 0 Å². The molecule has 0 aliphatic carbocycles. The van der Waals surface area contributed by atoms with Crippen molar-refractivity contribution in [1.29, 1.82) is 0 Å². The topological polar surface area (TPSA) is 161 Å². The van der Waals surface area contributed by atoms with Gasteiger partial charge >= 0.3 is 15.3 Å². The van der Waals surface area contributed by atoms with Crippen molar-refractivity contribution in [3.05, 3.63) is 0 Å². The highest BCUT2D eigenvalue weighted by Gasteiger charge is 2.50. The molecule has 0 aromatic heterocycles. The highest BCUT2D eigenvalue weighted by molar-refractivity contribution is 7.56. The van der Waals surface area contributed by atoms with Crippen LogP contribution in [0.25, 0.3) is 0 Å². The van der Waals surface area contributed by atoms with Crippen LogP contribution in [0.2, 0.25) is 0 Å². The zero-order valence-electron chi connectivity index (χ0n) is 25.3. The molecular formula is C25H40N10O8P2. The van der Waals surface area contributed by atoms with Crippen LogP contribution in [-0.4, -0.2) is 175 Å². The molecule has 0 aromatic carbocycles. The van der Waals surface area contributed by atoms with E-state index in [1.165, 1.54) is 0 Å². The molecule has 20 heteroatoms. The van der Waals surface area contributed by atoms with Gasteiger partial charge < -0.3 is 56.6 Å². The summed E-state index contributed by atoms with van der Waals surface area (Å²) in [5.41, 5.74) is -0.549. The number of ether oxygens (including phenoxy) is 4. The number of nitrogens with zero attached hydrogens (tertiary/aromatic N) is 10. The van der Waals surface area contributed by atoms with Crippen molar-refractivity contribution in [2.45, 2.75) is 0 Å². The zero-order valence-corrected chi connectivity index (χ0v) is 27.1. The summed E-state index contributed by atoms with van der Waals surface area (Å²) in [5.74, 6) is 2.34. The normalized spacial score (nSPS) is 36.3. The summed E-state index contributed by atoms with van der Waals surface area (Å²) in [6, 6.07) is 0. The Labute approximate surface area is 261 Å². The molecule has 8 rings (SSSR count). The van der Waals surface area contributed by atoms with Crippen LogP contribution in [0.5, 0.6) is 0 Å². The van der Waals surface area contributed by atoms with E-state index >= 15 is 0 Å². The lowest BCUT2D eigenvalue weighted by molar-refractivity contribution is -0.0580. The lowest BCUT2D eigenvalue weighted by Crippen LogP contribution is -2.48. The Hall–Kier alpha value is -1.98. The van der Waals surface area contributed by atoms with Crippen LogP contribution in [0, 0.1) is 5.41 Å². The third-order valence-electron chi connectivity index (χ3n) is 8.59. The molecule has 6 saturated heterocycles. The van der Waals surface area contributed by atoms with Crippen LogP contribution in [0.3, 0.4) is 0 Å². The summed E-state index contributed by atoms with van der Waals surface area (Å²) in [4.78, 5) is 18.1. The molecule has 8 aliphatic heterocycles. The molecule has 0 saturated carbocycles. The standard InChI is InChI=1S/C25H40N10O8P2/c1-9-36-10-2-32(1)21-26-22(33-3-11-37-12-4-33)29-44(28-21)40-17-25(18-41-44)19-42-45(43-20-25)30-23(34-5-13-38-14-6-34)27-24(31-45)35-7-15-39-16-8-35/h1-20H2. The van der Waals surface area contributed by atoms with Crippen LogP contribution in [-0.2, 0) is 37.0 Å². The summed E-state index contributed by atoms with van der Waals surface area (Å²) in [6.07, 6.45) is 0. The predicted molar refractivity (Wildman–Crippen MR) is 164 cm³/mol. The highest BCUT2D eigenvalue weighted by Crippen LogP contribution is 2.64. The second kappa shape index (κ2) is 12.9. The molecule has 0 radical (unpaired) electrons. The molecule has 3 spiro atoms. The van der Waals surface area contributed by atoms with Crippen LogP contribution in [0.1, 0.15) is 0 Å². The smallest absolute Gasteiger partial charge is 0.347 e. The van der Waals surface area contributed by atoms with E-state index in [-0.39, 0.29) is 0 Å². The van der Waals surface area contributed by atoms with Gasteiger partial charge in [0, 0.05) is 52.4 Å². The largest absolute Gasteiger partial charge is 0.378 e. The first-order valence-corrected chi connectivity index (χ1v) is 18.7. The first-order chi connectivity index (χ1) is 22.1. The van der Waals surface area contributed by atoms with Crippen molar-refractivity contribution >= 4 is 39.2 Å². The Morgan fingerprint density at radius 3 is 1.02 bits per heavy atom. The predicted octanol–water partition coefficient (Wildman–Crippen LogP) is 0.739. The summed E-state index contributed by atoms with van der Waals surface area (Å²) in [7, 11) is -6.02. The number of guanidine groups is 4. The number of hydrogen-bond acceptors (Lipinski definition) is 18. The lowest BCUT2D eigenvalue weighted by atomic mass is 9.93. The van der Waals surface area contributed by atoms with E-state index in [0.29, 0.717) is 155 Å². The maximum atomic E-state index is 6.51. The molecule has 8 heterocycles. The Morgan fingerprint density at radius 1 is 0.422 bits per heavy atom. The van der Waals surface area contributed by atoms with Crippen molar-refractivity contribution in [3.63, 3.8) is 0 Å². The average Bonchev–Trinajstić information content (AvgIpc) is 3.12. The maximum Gasteiger partial charge on any atom is 0.347 e. The first kappa shape index (κ1) is 30.4. The minimum atomic E-state index is -3.01. The summed E-state index contributed by atoms with van der Waals surface area (Å²) in [5, 5.41) is 0. The van der Waals surface area contributed by atoms with Gasteiger partial charge in [-0.25, -0.2) is 0 Å². The molecule has 8 aliphatic rings. The van der Waals surface area contributed by atoms with Gasteiger partial charge in [-0.2, -0.15) is 29.0 Å². The van der Waals surface area contributed by atoms with E-state index in [4.69, 9.17) is 66.0 Å². The van der Waals surface area contributed by atoms with Crippen LogP contribution < -0.4 is 0 Å². The highest BCUT2D eigenvalue weighted by atomic mass is 31.2. The van der Waals surface area contributed by atoms with Crippen molar-refractivity contribution < 1.29 is 37.0 Å². The van der Waals surface area contributed by atoms with Crippen LogP contribution in [0.4, 0.5) is 0 Å². The summed E-state index contributed by atoms with van der Waals surface area (Å²) >= 11 is 0. The number of hydrogen-bond donors (Lipinski definition) is 0. The summed E-state index contributed by atoms with van der Waals surface area (Å²) in [6.45, 7) is 11.8. The lowest BCUT2D eigenvalue weighted by Gasteiger charge is -2.45. The molecule has 248 valence electrons. The number of aliphatic imine (C=N–C) groups is 2. The van der Waals surface area contributed by atoms with E-state index in [0.717, 1.165) is 0 Å². The molecule has 6 fully saturated rings. The van der Waals surface area contributed by atoms with Gasteiger partial charge in [0.1, 0.15) is 0 Å². The first-order valence-electron chi connectivity index (χ1n) is 15.6. The zero-order chi connectivity index (χ0) is 30.2. The van der Waals surface area contributed by atoms with Crippen LogP contribution >= 0.6 is 15.3 Å². The molecule has 0 aromatic rings. The van der Waals surface area contributed by atoms with E-state index in [1.807, 2.05) is 0 Å². The molecular weight excluding hydrogens is 630 g/mol. The fourth-order valence-electron chi connectivity index (χ4n) is 5.79. The van der Waals surface area contributed by atoms with Gasteiger partial charge in [-0.15, -0.1) is 0 Å². The van der Waals surface area contributed by atoms with Gasteiger partial charge in [0.05, 0.1) is 84.7 Å². The molecule has 18 nitrogen and oxygen atoms in total. The van der Waals surface area contributed by atoms with Crippen molar-refractivity contribution in [2.24, 2.45) is 34.4 Å². The fraction of sp³-hybridized carbons (Fsp3) is 0.840. The molecule has 0 atom stereocenters. The quantitative estimate of drug-likeness (QED) is 0.333. The number of morpholine rings is 4. The molecule has 0 N–H and O–H groups in total. The van der Waals surface area contributed by atoms with Crippen LogP contribution in [0.15, 0.2) is 29.0 Å². The Morgan fingerprint density at radius 2 is 0.711 bits per heavy atom. The van der Waals surface area contributed by atoms with E-state index in [1.54, 1.807) is 0 Å². The van der Waals surface area contributed by atoms with Gasteiger partial charge in [0.2, 0.25) is 23.8 Å². The SMILES string of the molecule is C1CN(C2=NC(N3CCOCC3)=NP3(=N2)OCC2(CO3)COP3(=NC(N4CCOCC4)=NC(N4CCOCC4)=N3)OC2)CCO1. The molecule has 0 unspecified atom stereocenters. The Kier molecular flexibility index (Phi) is 8.71. The Balaban J connectivity index is 1.01. The number of rotatable bonds is 0. The van der Waals surface area contributed by atoms with Gasteiger partial charge in [-0.05, 0) is 0 Å². The Bertz CT molecular complexity index is 1200. The van der Waals surface area contributed by atoms with Gasteiger partial charge in [-0.1, -0.05) is 0 Å². The maximum absolute atomic E-state index is 6.51. The third-order valence-corrected chi connectivity index (χ3v) is 12.2. The van der Waals surface area contributed by atoms with E-state index in [9.17, 15) is 0 Å². The monoisotopic (exact) mass is 670 g/mol. The summed E-state index contributed by atoms with van der Waals surface area (Å²) < 4.78 is 67.9.